The Labute approximate surface area is 173 Å². The molecule has 1 aliphatic heterocycles. The number of rotatable bonds is 4. The Kier molecular flexibility index (Phi) is 4.48. The Balaban J connectivity index is 1.39. The topological polar surface area (TPSA) is 93.0 Å². The minimum Gasteiger partial charge on any atom is -0.351 e. The minimum absolute atomic E-state index is 0.180. The highest BCUT2D eigenvalue weighted by molar-refractivity contribution is 9.10. The molecule has 0 bridgehead atoms. The Bertz CT molecular complexity index is 1020. The normalized spacial score (nSPS) is 20.6. The first kappa shape index (κ1) is 18.5. The molecule has 2 aromatic heterocycles. The molecule has 1 N–H and O–H groups in total. The number of nitrogens with zero attached hydrogens (tertiary/aromatic N) is 5. The molecule has 2 aromatic rings. The Hall–Kier alpha value is -1.52. The first-order valence-corrected chi connectivity index (χ1v) is 12.4. The van der Waals surface area contributed by atoms with Crippen LogP contribution in [0.1, 0.15) is 43.0 Å². The van der Waals surface area contributed by atoms with Crippen LogP contribution in [0.15, 0.2) is 10.9 Å². The lowest BCUT2D eigenvalue weighted by Gasteiger charge is -2.30. The maximum Gasteiger partial charge on any atom is 0.223 e. The van der Waals surface area contributed by atoms with E-state index in [9.17, 15) is 8.42 Å². The summed E-state index contributed by atoms with van der Waals surface area (Å²) in [5.41, 5.74) is 4.39. The van der Waals surface area contributed by atoms with Crippen LogP contribution in [0.5, 0.6) is 0 Å². The molecule has 3 aliphatic rings. The summed E-state index contributed by atoms with van der Waals surface area (Å²) < 4.78 is 28.1. The van der Waals surface area contributed by atoms with Crippen LogP contribution < -0.4 is 5.32 Å². The molecule has 28 heavy (non-hydrogen) atoms. The highest BCUT2D eigenvalue weighted by atomic mass is 79.9. The zero-order valence-electron chi connectivity index (χ0n) is 15.7. The first-order chi connectivity index (χ1) is 13.4. The van der Waals surface area contributed by atoms with Gasteiger partial charge in [-0.15, -0.1) is 0 Å². The maximum absolute atomic E-state index is 11.7. The molecule has 0 amide bonds. The van der Waals surface area contributed by atoms with Gasteiger partial charge in [0.1, 0.15) is 0 Å². The van der Waals surface area contributed by atoms with Gasteiger partial charge in [-0.25, -0.2) is 27.7 Å². The number of sulfonamides is 1. The Morgan fingerprint density at radius 3 is 2.57 bits per heavy atom. The number of piperidine rings is 1. The molecule has 3 heterocycles. The van der Waals surface area contributed by atoms with Gasteiger partial charge in [-0.1, -0.05) is 0 Å². The van der Waals surface area contributed by atoms with Crippen molar-refractivity contribution in [3.63, 3.8) is 0 Å². The molecule has 10 heteroatoms. The molecular weight excluding hydrogens is 444 g/mol. The zero-order chi connectivity index (χ0) is 19.5. The van der Waals surface area contributed by atoms with Crippen molar-refractivity contribution >= 4 is 31.9 Å². The summed E-state index contributed by atoms with van der Waals surface area (Å²) in [5, 5.41) is 3.42. The number of imidazole rings is 1. The van der Waals surface area contributed by atoms with Gasteiger partial charge >= 0.3 is 0 Å². The predicted molar refractivity (Wildman–Crippen MR) is 110 cm³/mol. The molecule has 0 spiro atoms. The summed E-state index contributed by atoms with van der Waals surface area (Å²) in [6.45, 7) is 1.07. The lowest BCUT2D eigenvalue weighted by atomic mass is 9.98. The smallest absolute Gasteiger partial charge is 0.223 e. The molecule has 8 nitrogen and oxygen atoms in total. The Morgan fingerprint density at radius 1 is 1.14 bits per heavy atom. The molecule has 0 atom stereocenters. The van der Waals surface area contributed by atoms with Gasteiger partial charge in [-0.2, -0.15) is 0 Å². The molecule has 2 aliphatic carbocycles. The van der Waals surface area contributed by atoms with Crippen LogP contribution >= 0.6 is 15.9 Å². The van der Waals surface area contributed by atoms with Crippen molar-refractivity contribution in [3.05, 3.63) is 22.2 Å². The standard InChI is InChI=1S/C18H23BrN6O2S/c1-28(26,27)24-8-6-12(7-9-24)21-18-20-10-11-2-5-14-16(15(11)23-18)25(13-3-4-13)17(19)22-14/h10,12-13H,2-9H2,1H3,(H,20,21,23). The largest absolute Gasteiger partial charge is 0.351 e. The van der Waals surface area contributed by atoms with Gasteiger partial charge in [0.15, 0.2) is 4.73 Å². The molecule has 0 aromatic carbocycles. The van der Waals surface area contributed by atoms with Crippen molar-refractivity contribution < 1.29 is 8.42 Å². The van der Waals surface area contributed by atoms with Crippen LogP contribution in [-0.4, -0.2) is 57.6 Å². The molecule has 1 saturated heterocycles. The van der Waals surface area contributed by atoms with E-state index in [0.29, 0.717) is 25.1 Å². The predicted octanol–water partition coefficient (Wildman–Crippen LogP) is 2.37. The Morgan fingerprint density at radius 2 is 1.89 bits per heavy atom. The number of hydrogen-bond donors (Lipinski definition) is 1. The number of fused-ring (bicyclic) bond motifs is 3. The fraction of sp³-hybridized carbons (Fsp3) is 0.611. The summed E-state index contributed by atoms with van der Waals surface area (Å²) in [4.78, 5) is 14.1. The van der Waals surface area contributed by atoms with Crippen LogP contribution in [0, 0.1) is 0 Å². The van der Waals surface area contributed by atoms with Crippen LogP contribution in [0.4, 0.5) is 5.95 Å². The third-order valence-electron chi connectivity index (χ3n) is 5.83. The van der Waals surface area contributed by atoms with Crippen LogP contribution in [0.25, 0.3) is 11.4 Å². The summed E-state index contributed by atoms with van der Waals surface area (Å²) in [5.74, 6) is 0.615. The SMILES string of the molecule is CS(=O)(=O)N1CCC(Nc2ncc3c(n2)-c2c(nc(Br)n2C2CC2)CC3)CC1. The van der Waals surface area contributed by atoms with Crippen LogP contribution in [0.2, 0.25) is 0 Å². The molecule has 0 unspecified atom stereocenters. The molecule has 2 fully saturated rings. The maximum atomic E-state index is 11.7. The lowest BCUT2D eigenvalue weighted by Crippen LogP contribution is -2.42. The number of halogens is 1. The summed E-state index contributed by atoms with van der Waals surface area (Å²) >= 11 is 3.63. The quantitative estimate of drug-likeness (QED) is 0.743. The van der Waals surface area contributed by atoms with E-state index in [1.165, 1.54) is 29.0 Å². The second kappa shape index (κ2) is 6.77. The van der Waals surface area contributed by atoms with Gasteiger partial charge < -0.3 is 9.88 Å². The van der Waals surface area contributed by atoms with E-state index >= 15 is 0 Å². The average molecular weight is 467 g/mol. The highest BCUT2D eigenvalue weighted by Crippen LogP contribution is 2.44. The van der Waals surface area contributed by atoms with E-state index in [0.717, 1.165) is 47.5 Å². The van der Waals surface area contributed by atoms with Crippen molar-refractivity contribution in [3.8, 4) is 11.4 Å². The number of aromatic nitrogens is 4. The summed E-state index contributed by atoms with van der Waals surface area (Å²) in [7, 11) is -3.11. The average Bonchev–Trinajstić information content (AvgIpc) is 3.43. The minimum atomic E-state index is -3.11. The third kappa shape index (κ3) is 3.35. The van der Waals surface area contributed by atoms with Crippen molar-refractivity contribution in [2.75, 3.05) is 24.7 Å². The van der Waals surface area contributed by atoms with Gasteiger partial charge in [-0.3, -0.25) is 0 Å². The molecule has 5 rings (SSSR count). The number of hydrogen-bond acceptors (Lipinski definition) is 6. The van der Waals surface area contributed by atoms with Crippen LogP contribution in [-0.2, 0) is 22.9 Å². The lowest BCUT2D eigenvalue weighted by molar-refractivity contribution is 0.331. The van der Waals surface area contributed by atoms with E-state index in [1.807, 2.05) is 6.20 Å². The van der Waals surface area contributed by atoms with E-state index < -0.39 is 10.0 Å². The van der Waals surface area contributed by atoms with E-state index in [-0.39, 0.29) is 6.04 Å². The van der Waals surface area contributed by atoms with E-state index in [1.54, 1.807) is 0 Å². The van der Waals surface area contributed by atoms with E-state index in [2.05, 4.69) is 30.8 Å². The second-order valence-corrected chi connectivity index (χ2v) is 10.6. The number of anilines is 1. The zero-order valence-corrected chi connectivity index (χ0v) is 18.1. The molecule has 150 valence electrons. The number of aryl methyl sites for hydroxylation is 2. The van der Waals surface area contributed by atoms with Crippen LogP contribution in [0.3, 0.4) is 0 Å². The fourth-order valence-electron chi connectivity index (χ4n) is 4.17. The van der Waals surface area contributed by atoms with Gasteiger partial charge in [0, 0.05) is 31.4 Å². The van der Waals surface area contributed by atoms with E-state index in [4.69, 9.17) is 9.97 Å². The summed E-state index contributed by atoms with van der Waals surface area (Å²) in [6, 6.07) is 0.697. The second-order valence-electron chi connectivity index (χ2n) is 7.93. The summed E-state index contributed by atoms with van der Waals surface area (Å²) in [6.07, 6.45) is 8.90. The monoisotopic (exact) mass is 466 g/mol. The fourth-order valence-corrected chi connectivity index (χ4v) is 5.73. The molecule has 1 saturated carbocycles. The van der Waals surface area contributed by atoms with Crippen molar-refractivity contribution in [2.45, 2.75) is 50.6 Å². The van der Waals surface area contributed by atoms with Crippen molar-refractivity contribution in [1.29, 1.82) is 0 Å². The van der Waals surface area contributed by atoms with Gasteiger partial charge in [0.25, 0.3) is 0 Å². The third-order valence-corrected chi connectivity index (χ3v) is 7.69. The number of nitrogens with one attached hydrogen (secondary N) is 1. The van der Waals surface area contributed by atoms with Gasteiger partial charge in [-0.05, 0) is 60.0 Å². The van der Waals surface area contributed by atoms with Crippen molar-refractivity contribution in [2.24, 2.45) is 0 Å². The van der Waals surface area contributed by atoms with Gasteiger partial charge in [0.2, 0.25) is 16.0 Å². The molecule has 0 radical (unpaired) electrons. The van der Waals surface area contributed by atoms with Crippen molar-refractivity contribution in [1.82, 2.24) is 23.8 Å². The molecular formula is C18H23BrN6O2S. The first-order valence-electron chi connectivity index (χ1n) is 9.74. The highest BCUT2D eigenvalue weighted by Gasteiger charge is 2.34. The van der Waals surface area contributed by atoms with Gasteiger partial charge in [0.05, 0.1) is 23.3 Å².